The smallest absolute Gasteiger partial charge is 0.161 e. The van der Waals surface area contributed by atoms with E-state index in [9.17, 15) is 4.79 Å². The normalized spacial score (nSPS) is 10.9. The van der Waals surface area contributed by atoms with Gasteiger partial charge in [-0.3, -0.25) is 4.79 Å². The van der Waals surface area contributed by atoms with Gasteiger partial charge in [-0.1, -0.05) is 17.7 Å². The molecule has 2 nitrogen and oxygen atoms in total. The van der Waals surface area contributed by atoms with E-state index < -0.39 is 0 Å². The van der Waals surface area contributed by atoms with E-state index in [4.69, 9.17) is 11.6 Å². The maximum absolute atomic E-state index is 11.4. The first-order chi connectivity index (χ1) is 7.02. The number of aryl methyl sites for hydroxylation is 2. The predicted molar refractivity (Wildman–Crippen MR) is 62.7 cm³/mol. The molecule has 78 valence electrons. The number of nitrogens with zero attached hydrogens (tertiary/aromatic N) is 1. The highest BCUT2D eigenvalue weighted by Crippen LogP contribution is 2.28. The molecule has 1 aromatic carbocycles. The van der Waals surface area contributed by atoms with Gasteiger partial charge < -0.3 is 4.57 Å². The summed E-state index contributed by atoms with van der Waals surface area (Å²) in [4.78, 5) is 11.4. The summed E-state index contributed by atoms with van der Waals surface area (Å²) < 4.78 is 1.95. The van der Waals surface area contributed by atoms with Crippen LogP contribution in [0.2, 0.25) is 5.02 Å². The topological polar surface area (TPSA) is 22.0 Å². The fraction of sp³-hybridized carbons (Fsp3) is 0.250. The Morgan fingerprint density at radius 2 is 2.07 bits per heavy atom. The first-order valence-electron chi connectivity index (χ1n) is 4.77. The largest absolute Gasteiger partial charge is 0.350 e. The molecule has 0 saturated heterocycles. The first-order valence-corrected chi connectivity index (χ1v) is 5.15. The SMILES string of the molecule is CC(=O)c1cn(C)c2c(C)c(Cl)ccc12. The van der Waals surface area contributed by atoms with Gasteiger partial charge in [0.15, 0.2) is 5.78 Å². The van der Waals surface area contributed by atoms with Crippen molar-refractivity contribution in [2.24, 2.45) is 7.05 Å². The molecular formula is C12H12ClNO. The van der Waals surface area contributed by atoms with E-state index in [1.807, 2.05) is 36.9 Å². The molecule has 0 saturated carbocycles. The lowest BCUT2D eigenvalue weighted by Crippen LogP contribution is -1.88. The third kappa shape index (κ3) is 1.45. The van der Waals surface area contributed by atoms with Crippen molar-refractivity contribution in [2.45, 2.75) is 13.8 Å². The van der Waals surface area contributed by atoms with Crippen molar-refractivity contribution in [2.75, 3.05) is 0 Å². The van der Waals surface area contributed by atoms with Crippen LogP contribution in [0.3, 0.4) is 0 Å². The van der Waals surface area contributed by atoms with Gasteiger partial charge in [-0.15, -0.1) is 0 Å². The molecule has 0 aliphatic carbocycles. The molecule has 0 bridgehead atoms. The standard InChI is InChI=1S/C12H12ClNO/c1-7-11(13)5-4-9-10(8(2)15)6-14(3)12(7)9/h4-6H,1-3H3. The van der Waals surface area contributed by atoms with Gasteiger partial charge in [-0.2, -0.15) is 0 Å². The Morgan fingerprint density at radius 3 is 2.67 bits per heavy atom. The molecule has 0 spiro atoms. The van der Waals surface area contributed by atoms with Gasteiger partial charge in [-0.05, 0) is 25.5 Å². The number of benzene rings is 1. The summed E-state index contributed by atoms with van der Waals surface area (Å²) in [7, 11) is 1.93. The molecule has 0 atom stereocenters. The number of Topliss-reactive ketones (excluding diaryl/α,β-unsaturated/α-hetero) is 1. The molecule has 0 aliphatic rings. The molecule has 1 aromatic heterocycles. The Labute approximate surface area is 93.5 Å². The molecule has 0 fully saturated rings. The van der Waals surface area contributed by atoms with Gasteiger partial charge in [0.2, 0.25) is 0 Å². The molecule has 0 radical (unpaired) electrons. The summed E-state index contributed by atoms with van der Waals surface area (Å²) in [5, 5.41) is 1.71. The van der Waals surface area contributed by atoms with E-state index in [0.29, 0.717) is 0 Å². The Morgan fingerprint density at radius 1 is 1.40 bits per heavy atom. The van der Waals surface area contributed by atoms with Crippen molar-refractivity contribution in [3.8, 4) is 0 Å². The maximum Gasteiger partial charge on any atom is 0.161 e. The van der Waals surface area contributed by atoms with Gasteiger partial charge in [-0.25, -0.2) is 0 Å². The van der Waals surface area contributed by atoms with E-state index in [1.54, 1.807) is 6.92 Å². The van der Waals surface area contributed by atoms with Crippen LogP contribution in [-0.4, -0.2) is 10.4 Å². The van der Waals surface area contributed by atoms with Crippen LogP contribution in [0.5, 0.6) is 0 Å². The molecule has 0 N–H and O–H groups in total. The average Bonchev–Trinajstić information content (AvgIpc) is 2.50. The number of halogens is 1. The van der Waals surface area contributed by atoms with Crippen LogP contribution in [0.25, 0.3) is 10.9 Å². The average molecular weight is 222 g/mol. The summed E-state index contributed by atoms with van der Waals surface area (Å²) in [5.41, 5.74) is 2.81. The molecule has 3 heteroatoms. The van der Waals surface area contributed by atoms with Crippen molar-refractivity contribution >= 4 is 28.3 Å². The van der Waals surface area contributed by atoms with E-state index in [2.05, 4.69) is 0 Å². The molecule has 0 amide bonds. The minimum absolute atomic E-state index is 0.0855. The van der Waals surface area contributed by atoms with Crippen molar-refractivity contribution in [3.05, 3.63) is 34.5 Å². The van der Waals surface area contributed by atoms with Crippen LogP contribution >= 0.6 is 11.6 Å². The molecule has 0 aliphatic heterocycles. The predicted octanol–water partition coefficient (Wildman–Crippen LogP) is 3.34. The molecular weight excluding hydrogens is 210 g/mol. The third-order valence-electron chi connectivity index (χ3n) is 2.71. The number of hydrogen-bond donors (Lipinski definition) is 0. The van der Waals surface area contributed by atoms with E-state index in [0.717, 1.165) is 27.1 Å². The monoisotopic (exact) mass is 221 g/mol. The third-order valence-corrected chi connectivity index (χ3v) is 3.12. The Bertz CT molecular complexity index is 554. The lowest BCUT2D eigenvalue weighted by atomic mass is 10.1. The molecule has 2 rings (SSSR count). The summed E-state index contributed by atoms with van der Waals surface area (Å²) in [5.74, 6) is 0.0855. The van der Waals surface area contributed by atoms with Crippen LogP contribution in [0, 0.1) is 6.92 Å². The number of hydrogen-bond acceptors (Lipinski definition) is 1. The Balaban J connectivity index is 2.92. The summed E-state index contributed by atoms with van der Waals surface area (Å²) in [6.07, 6.45) is 1.86. The molecule has 1 heterocycles. The van der Waals surface area contributed by atoms with Crippen LogP contribution in [0.4, 0.5) is 0 Å². The van der Waals surface area contributed by atoms with Crippen LogP contribution in [-0.2, 0) is 7.05 Å². The highest BCUT2D eigenvalue weighted by Gasteiger charge is 2.12. The van der Waals surface area contributed by atoms with E-state index in [1.165, 1.54) is 0 Å². The number of carbonyl (C=O) groups is 1. The van der Waals surface area contributed by atoms with Gasteiger partial charge in [0.05, 0.1) is 5.52 Å². The number of fused-ring (bicyclic) bond motifs is 1. The van der Waals surface area contributed by atoms with Crippen molar-refractivity contribution < 1.29 is 4.79 Å². The zero-order chi connectivity index (χ0) is 11.2. The van der Waals surface area contributed by atoms with Crippen molar-refractivity contribution in [1.29, 1.82) is 0 Å². The van der Waals surface area contributed by atoms with Gasteiger partial charge in [0, 0.05) is 29.2 Å². The number of rotatable bonds is 1. The summed E-state index contributed by atoms with van der Waals surface area (Å²) in [6, 6.07) is 3.74. The Kier molecular flexibility index (Phi) is 2.31. The maximum atomic E-state index is 11.4. The Hall–Kier alpha value is -1.28. The van der Waals surface area contributed by atoms with Crippen LogP contribution in [0.15, 0.2) is 18.3 Å². The van der Waals surface area contributed by atoms with Gasteiger partial charge >= 0.3 is 0 Å². The van der Waals surface area contributed by atoms with Crippen molar-refractivity contribution in [3.63, 3.8) is 0 Å². The summed E-state index contributed by atoms with van der Waals surface area (Å²) >= 11 is 6.05. The fourth-order valence-electron chi connectivity index (χ4n) is 1.96. The number of ketones is 1. The number of carbonyl (C=O) groups excluding carboxylic acids is 1. The van der Waals surface area contributed by atoms with Crippen LogP contribution < -0.4 is 0 Å². The molecule has 0 unspecified atom stereocenters. The van der Waals surface area contributed by atoms with Crippen molar-refractivity contribution in [1.82, 2.24) is 4.57 Å². The highest BCUT2D eigenvalue weighted by atomic mass is 35.5. The zero-order valence-electron chi connectivity index (χ0n) is 8.97. The fourth-order valence-corrected chi connectivity index (χ4v) is 2.11. The minimum atomic E-state index is 0.0855. The quantitative estimate of drug-likeness (QED) is 0.677. The lowest BCUT2D eigenvalue weighted by molar-refractivity contribution is 0.101. The molecule has 2 aromatic rings. The second-order valence-electron chi connectivity index (χ2n) is 3.78. The second-order valence-corrected chi connectivity index (χ2v) is 4.19. The second kappa shape index (κ2) is 3.38. The lowest BCUT2D eigenvalue weighted by Gasteiger charge is -2.02. The highest BCUT2D eigenvalue weighted by molar-refractivity contribution is 6.32. The zero-order valence-corrected chi connectivity index (χ0v) is 9.72. The first kappa shape index (κ1) is 10.2. The number of aromatic nitrogens is 1. The van der Waals surface area contributed by atoms with Gasteiger partial charge in [0.25, 0.3) is 0 Å². The van der Waals surface area contributed by atoms with Crippen LogP contribution in [0.1, 0.15) is 22.8 Å². The summed E-state index contributed by atoms with van der Waals surface area (Å²) in [6.45, 7) is 3.55. The minimum Gasteiger partial charge on any atom is -0.350 e. The van der Waals surface area contributed by atoms with E-state index >= 15 is 0 Å². The van der Waals surface area contributed by atoms with E-state index in [-0.39, 0.29) is 5.78 Å². The van der Waals surface area contributed by atoms with Gasteiger partial charge in [0.1, 0.15) is 0 Å². The molecule has 15 heavy (non-hydrogen) atoms.